The number of hydrogen-bond donors (Lipinski definition) is 1. The second-order valence-corrected chi connectivity index (χ2v) is 6.13. The van der Waals surface area contributed by atoms with Gasteiger partial charge in [-0.1, -0.05) is 6.42 Å². The lowest BCUT2D eigenvalue weighted by atomic mass is 9.90. The van der Waals surface area contributed by atoms with Crippen LogP contribution in [-0.2, 0) is 0 Å². The second kappa shape index (κ2) is 6.38. The quantitative estimate of drug-likeness (QED) is 0.672. The molecule has 0 aromatic heterocycles. The second-order valence-electron chi connectivity index (χ2n) is 6.13. The number of methoxy groups -OCH3 is 2. The fraction of sp³-hybridized carbons (Fsp3) is 0.529. The molecule has 0 spiro atoms. The minimum Gasteiger partial charge on any atom is -0.493 e. The molecule has 0 saturated heterocycles. The Morgan fingerprint density at radius 3 is 2.68 bits per heavy atom. The Morgan fingerprint density at radius 2 is 2.05 bits per heavy atom. The highest BCUT2D eigenvalue weighted by Gasteiger charge is 2.38. The molecule has 1 aromatic rings. The molecule has 2 bridgehead atoms. The number of hydrogen-bond acceptors (Lipinski definition) is 4. The van der Waals surface area contributed by atoms with Crippen molar-refractivity contribution in [3.8, 4) is 11.5 Å². The molecule has 3 rings (SSSR count). The number of carbonyl (C=O) groups is 1. The van der Waals surface area contributed by atoms with Crippen LogP contribution in [0.4, 0.5) is 0 Å². The summed E-state index contributed by atoms with van der Waals surface area (Å²) in [5, 5.41) is 4.15. The molecule has 118 valence electrons. The molecule has 0 aliphatic heterocycles. The average Bonchev–Trinajstić information content (AvgIpc) is 3.17. The molecule has 1 aromatic carbocycles. The van der Waals surface area contributed by atoms with Crippen molar-refractivity contribution in [2.75, 3.05) is 14.2 Å². The maximum atomic E-state index is 12.1. The first-order valence-electron chi connectivity index (χ1n) is 7.76. The van der Waals surface area contributed by atoms with Gasteiger partial charge in [-0.25, -0.2) is 5.43 Å². The number of amides is 1. The summed E-state index contributed by atoms with van der Waals surface area (Å²) in [7, 11) is 3.12. The van der Waals surface area contributed by atoms with Crippen molar-refractivity contribution in [1.82, 2.24) is 5.43 Å². The minimum absolute atomic E-state index is 0.236. The van der Waals surface area contributed by atoms with Crippen LogP contribution in [0.2, 0.25) is 0 Å². The Bertz CT molecular complexity index is 585. The van der Waals surface area contributed by atoms with E-state index in [1.807, 2.05) is 6.21 Å². The van der Waals surface area contributed by atoms with Gasteiger partial charge in [-0.15, -0.1) is 0 Å². The smallest absolute Gasteiger partial charge is 0.271 e. The fourth-order valence-electron chi connectivity index (χ4n) is 3.71. The van der Waals surface area contributed by atoms with Crippen molar-refractivity contribution in [1.29, 1.82) is 0 Å². The molecule has 0 heterocycles. The number of rotatable bonds is 5. The van der Waals surface area contributed by atoms with E-state index in [1.54, 1.807) is 32.4 Å². The van der Waals surface area contributed by atoms with Crippen molar-refractivity contribution in [2.45, 2.75) is 25.7 Å². The van der Waals surface area contributed by atoms with Gasteiger partial charge in [0.05, 0.1) is 14.2 Å². The van der Waals surface area contributed by atoms with Crippen LogP contribution >= 0.6 is 0 Å². The summed E-state index contributed by atoms with van der Waals surface area (Å²) in [5.74, 6) is 3.08. The van der Waals surface area contributed by atoms with Crippen LogP contribution in [0.1, 0.15) is 36.0 Å². The summed E-state index contributed by atoms with van der Waals surface area (Å²) in [6.07, 6.45) is 7.15. The normalized spacial score (nSPS) is 26.4. The molecule has 2 aliphatic rings. The molecule has 2 aliphatic carbocycles. The van der Waals surface area contributed by atoms with Crippen LogP contribution in [0.3, 0.4) is 0 Å². The molecule has 1 amide bonds. The number of carbonyl (C=O) groups excluding carboxylic acids is 1. The van der Waals surface area contributed by atoms with Gasteiger partial charge in [0.25, 0.3) is 5.91 Å². The fourth-order valence-corrected chi connectivity index (χ4v) is 3.71. The van der Waals surface area contributed by atoms with Crippen LogP contribution in [-0.4, -0.2) is 26.3 Å². The van der Waals surface area contributed by atoms with Gasteiger partial charge in [-0.05, 0) is 55.2 Å². The predicted molar refractivity (Wildman–Crippen MR) is 84.4 cm³/mol. The Kier molecular flexibility index (Phi) is 4.32. The SMILES string of the molecule is COc1ccc(C(=O)N/N=C\[C@H]2C[C@H]3CC[C@H]2C3)cc1OC. The molecule has 5 heteroatoms. The summed E-state index contributed by atoms with van der Waals surface area (Å²) in [5.41, 5.74) is 3.11. The third-order valence-corrected chi connectivity index (χ3v) is 4.87. The molecular weight excluding hydrogens is 280 g/mol. The zero-order valence-electron chi connectivity index (χ0n) is 13.0. The van der Waals surface area contributed by atoms with E-state index in [-0.39, 0.29) is 5.91 Å². The number of fused-ring (bicyclic) bond motifs is 2. The number of nitrogens with one attached hydrogen (secondary N) is 1. The molecule has 2 saturated carbocycles. The van der Waals surface area contributed by atoms with Gasteiger partial charge in [-0.3, -0.25) is 4.79 Å². The van der Waals surface area contributed by atoms with Crippen LogP contribution in [0, 0.1) is 17.8 Å². The topological polar surface area (TPSA) is 59.9 Å². The van der Waals surface area contributed by atoms with E-state index in [2.05, 4.69) is 10.5 Å². The van der Waals surface area contributed by atoms with E-state index in [4.69, 9.17) is 9.47 Å². The lowest BCUT2D eigenvalue weighted by Gasteiger charge is -2.16. The average molecular weight is 302 g/mol. The molecule has 22 heavy (non-hydrogen) atoms. The number of hydrazone groups is 1. The largest absolute Gasteiger partial charge is 0.493 e. The highest BCUT2D eigenvalue weighted by molar-refractivity contribution is 5.95. The highest BCUT2D eigenvalue weighted by atomic mass is 16.5. The molecule has 0 radical (unpaired) electrons. The van der Waals surface area contributed by atoms with Gasteiger partial charge in [0.1, 0.15) is 0 Å². The van der Waals surface area contributed by atoms with Crippen molar-refractivity contribution in [3.05, 3.63) is 23.8 Å². The maximum absolute atomic E-state index is 12.1. The van der Waals surface area contributed by atoms with E-state index in [0.717, 1.165) is 11.8 Å². The number of ether oxygens (including phenoxy) is 2. The van der Waals surface area contributed by atoms with Crippen LogP contribution < -0.4 is 14.9 Å². The van der Waals surface area contributed by atoms with Gasteiger partial charge < -0.3 is 9.47 Å². The van der Waals surface area contributed by atoms with Gasteiger partial charge in [-0.2, -0.15) is 5.10 Å². The van der Waals surface area contributed by atoms with E-state index in [9.17, 15) is 4.79 Å². The Hall–Kier alpha value is -2.04. The summed E-state index contributed by atoms with van der Waals surface area (Å²) < 4.78 is 10.4. The molecule has 5 nitrogen and oxygen atoms in total. The first kappa shape index (κ1) is 14.9. The lowest BCUT2D eigenvalue weighted by molar-refractivity contribution is 0.0954. The first-order valence-corrected chi connectivity index (χ1v) is 7.76. The van der Waals surface area contributed by atoms with Gasteiger partial charge in [0.2, 0.25) is 0 Å². The monoisotopic (exact) mass is 302 g/mol. The lowest BCUT2D eigenvalue weighted by Crippen LogP contribution is -2.20. The van der Waals surface area contributed by atoms with Crippen molar-refractivity contribution < 1.29 is 14.3 Å². The Balaban J connectivity index is 1.60. The maximum Gasteiger partial charge on any atom is 0.271 e. The minimum atomic E-state index is -0.236. The van der Waals surface area contributed by atoms with Gasteiger partial charge in [0.15, 0.2) is 11.5 Å². The van der Waals surface area contributed by atoms with E-state index in [1.165, 1.54) is 25.7 Å². The zero-order valence-corrected chi connectivity index (χ0v) is 13.0. The molecule has 2 fully saturated rings. The van der Waals surface area contributed by atoms with Crippen molar-refractivity contribution in [2.24, 2.45) is 22.9 Å². The predicted octanol–water partition coefficient (Wildman–Crippen LogP) is 2.86. The molecule has 3 atom stereocenters. The Labute approximate surface area is 130 Å². The van der Waals surface area contributed by atoms with Crippen LogP contribution in [0.15, 0.2) is 23.3 Å². The standard InChI is InChI=1S/C17H22N2O3/c1-21-15-6-5-13(9-16(15)22-2)17(20)19-18-10-14-8-11-3-4-12(14)7-11/h5-6,9-12,14H,3-4,7-8H2,1-2H3,(H,19,20)/b18-10-/t11-,12-,14+/m0/s1. The van der Waals surface area contributed by atoms with Crippen molar-refractivity contribution in [3.63, 3.8) is 0 Å². The summed E-state index contributed by atoms with van der Waals surface area (Å²) in [4.78, 5) is 12.1. The molecular formula is C17H22N2O3. The van der Waals surface area contributed by atoms with Crippen LogP contribution in [0.25, 0.3) is 0 Å². The van der Waals surface area contributed by atoms with E-state index < -0.39 is 0 Å². The van der Waals surface area contributed by atoms with E-state index >= 15 is 0 Å². The number of benzene rings is 1. The van der Waals surface area contributed by atoms with Gasteiger partial charge >= 0.3 is 0 Å². The summed E-state index contributed by atoms with van der Waals surface area (Å²) in [6, 6.07) is 5.07. The van der Waals surface area contributed by atoms with Crippen LogP contribution in [0.5, 0.6) is 11.5 Å². The first-order chi connectivity index (χ1) is 10.7. The third kappa shape index (κ3) is 2.93. The Morgan fingerprint density at radius 1 is 1.23 bits per heavy atom. The summed E-state index contributed by atoms with van der Waals surface area (Å²) >= 11 is 0. The van der Waals surface area contributed by atoms with Crippen molar-refractivity contribution >= 4 is 12.1 Å². The molecule has 1 N–H and O–H groups in total. The molecule has 0 unspecified atom stereocenters. The van der Waals surface area contributed by atoms with E-state index in [0.29, 0.717) is 23.0 Å². The highest BCUT2D eigenvalue weighted by Crippen LogP contribution is 2.47. The zero-order chi connectivity index (χ0) is 15.5. The summed E-state index contributed by atoms with van der Waals surface area (Å²) in [6.45, 7) is 0. The van der Waals surface area contributed by atoms with Gasteiger partial charge in [0, 0.05) is 11.8 Å². The third-order valence-electron chi connectivity index (χ3n) is 4.87. The number of nitrogens with zero attached hydrogens (tertiary/aromatic N) is 1.